The zero-order chi connectivity index (χ0) is 12.7. The molecule has 1 aromatic rings. The van der Waals surface area contributed by atoms with Gasteiger partial charge in [-0.3, -0.25) is 9.89 Å². The Morgan fingerprint density at radius 3 is 3.06 bits per heavy atom. The van der Waals surface area contributed by atoms with Gasteiger partial charge in [0, 0.05) is 5.75 Å². The first-order valence-electron chi connectivity index (χ1n) is 5.50. The van der Waals surface area contributed by atoms with Crippen LogP contribution in [0.3, 0.4) is 0 Å². The standard InChI is InChI=1S/C10H18N4O2S/c1-3-16-8(15)10(2,11)5-4-6-17-9-12-7-13-14-9/h7H,3-6,11H2,1-2H3,(H,12,13,14). The minimum atomic E-state index is -0.905. The van der Waals surface area contributed by atoms with E-state index in [1.165, 1.54) is 6.33 Å². The van der Waals surface area contributed by atoms with E-state index in [4.69, 9.17) is 10.5 Å². The van der Waals surface area contributed by atoms with E-state index in [1.54, 1.807) is 25.6 Å². The van der Waals surface area contributed by atoms with Crippen LogP contribution in [0.25, 0.3) is 0 Å². The van der Waals surface area contributed by atoms with Crippen LogP contribution in [-0.4, -0.2) is 39.0 Å². The number of rotatable bonds is 7. The Balaban J connectivity index is 2.23. The zero-order valence-corrected chi connectivity index (χ0v) is 10.9. The van der Waals surface area contributed by atoms with Gasteiger partial charge in [0.1, 0.15) is 11.9 Å². The summed E-state index contributed by atoms with van der Waals surface area (Å²) < 4.78 is 4.91. The number of nitrogens with two attached hydrogens (primary N) is 1. The third kappa shape index (κ3) is 4.74. The van der Waals surface area contributed by atoms with Crippen LogP contribution in [0, 0.1) is 0 Å². The van der Waals surface area contributed by atoms with Gasteiger partial charge in [-0.1, -0.05) is 11.8 Å². The summed E-state index contributed by atoms with van der Waals surface area (Å²) in [5, 5.41) is 7.28. The molecule has 0 fully saturated rings. The maximum atomic E-state index is 11.5. The predicted octanol–water partition coefficient (Wildman–Crippen LogP) is 0.957. The van der Waals surface area contributed by atoms with Crippen LogP contribution in [0.5, 0.6) is 0 Å². The number of H-pyrrole nitrogens is 1. The van der Waals surface area contributed by atoms with Gasteiger partial charge in [0.05, 0.1) is 6.61 Å². The molecule has 0 aliphatic rings. The van der Waals surface area contributed by atoms with Crippen molar-refractivity contribution in [3.8, 4) is 0 Å². The Kier molecular flexibility index (Phi) is 5.43. The number of aromatic amines is 1. The van der Waals surface area contributed by atoms with Crippen molar-refractivity contribution < 1.29 is 9.53 Å². The van der Waals surface area contributed by atoms with Crippen molar-refractivity contribution in [2.24, 2.45) is 5.73 Å². The molecule has 1 heterocycles. The van der Waals surface area contributed by atoms with E-state index in [9.17, 15) is 4.79 Å². The molecule has 0 saturated heterocycles. The molecule has 6 nitrogen and oxygen atoms in total. The van der Waals surface area contributed by atoms with Crippen molar-refractivity contribution >= 4 is 17.7 Å². The normalized spacial score (nSPS) is 14.3. The minimum Gasteiger partial charge on any atom is -0.465 e. The van der Waals surface area contributed by atoms with Gasteiger partial charge in [-0.05, 0) is 26.7 Å². The molecule has 3 N–H and O–H groups in total. The highest BCUT2D eigenvalue weighted by Crippen LogP contribution is 2.17. The van der Waals surface area contributed by atoms with Gasteiger partial charge < -0.3 is 10.5 Å². The summed E-state index contributed by atoms with van der Waals surface area (Å²) in [6.07, 6.45) is 2.87. The number of aromatic nitrogens is 3. The molecule has 1 aromatic heterocycles. The smallest absolute Gasteiger partial charge is 0.325 e. The SMILES string of the molecule is CCOC(=O)C(C)(N)CCCSc1ncn[nH]1. The lowest BCUT2D eigenvalue weighted by atomic mass is 9.98. The Morgan fingerprint density at radius 2 is 2.47 bits per heavy atom. The lowest BCUT2D eigenvalue weighted by Gasteiger charge is -2.21. The van der Waals surface area contributed by atoms with Crippen molar-refractivity contribution in [3.63, 3.8) is 0 Å². The second-order valence-electron chi connectivity index (χ2n) is 3.88. The molecular formula is C10H18N4O2S. The van der Waals surface area contributed by atoms with E-state index in [-0.39, 0.29) is 5.97 Å². The molecule has 17 heavy (non-hydrogen) atoms. The summed E-state index contributed by atoms with van der Waals surface area (Å²) in [5.41, 5.74) is 4.98. The number of nitrogens with zero attached hydrogens (tertiary/aromatic N) is 2. The van der Waals surface area contributed by atoms with Crippen molar-refractivity contribution in [3.05, 3.63) is 6.33 Å². The topological polar surface area (TPSA) is 93.9 Å². The molecule has 7 heteroatoms. The number of hydrogen-bond acceptors (Lipinski definition) is 6. The van der Waals surface area contributed by atoms with Crippen LogP contribution in [0.15, 0.2) is 11.5 Å². The molecule has 0 saturated carbocycles. The van der Waals surface area contributed by atoms with Gasteiger partial charge in [0.25, 0.3) is 0 Å². The summed E-state index contributed by atoms with van der Waals surface area (Å²) in [6.45, 7) is 3.83. The van der Waals surface area contributed by atoms with Crippen molar-refractivity contribution in [2.45, 2.75) is 37.4 Å². The monoisotopic (exact) mass is 258 g/mol. The number of nitrogens with one attached hydrogen (secondary N) is 1. The lowest BCUT2D eigenvalue weighted by molar-refractivity contribution is -0.149. The van der Waals surface area contributed by atoms with Crippen LogP contribution < -0.4 is 5.73 Å². The highest BCUT2D eigenvalue weighted by atomic mass is 32.2. The van der Waals surface area contributed by atoms with Crippen molar-refractivity contribution in [1.29, 1.82) is 0 Å². The molecule has 0 radical (unpaired) electrons. The number of esters is 1. The first kappa shape index (κ1) is 14.0. The number of carbonyl (C=O) groups excluding carboxylic acids is 1. The Hall–Kier alpha value is -1.08. The molecule has 0 aliphatic heterocycles. The van der Waals surface area contributed by atoms with Gasteiger partial charge in [-0.2, -0.15) is 5.10 Å². The van der Waals surface area contributed by atoms with Crippen LogP contribution in [0.4, 0.5) is 0 Å². The maximum absolute atomic E-state index is 11.5. The Morgan fingerprint density at radius 1 is 1.71 bits per heavy atom. The molecule has 0 spiro atoms. The molecular weight excluding hydrogens is 240 g/mol. The Labute approximate surface area is 105 Å². The van der Waals surface area contributed by atoms with Gasteiger partial charge in [0.2, 0.25) is 0 Å². The molecule has 1 unspecified atom stereocenters. The molecule has 96 valence electrons. The molecule has 0 bridgehead atoms. The van der Waals surface area contributed by atoms with Gasteiger partial charge >= 0.3 is 5.97 Å². The van der Waals surface area contributed by atoms with Gasteiger partial charge in [-0.15, -0.1) is 0 Å². The van der Waals surface area contributed by atoms with E-state index < -0.39 is 5.54 Å². The minimum absolute atomic E-state index is 0.343. The quantitative estimate of drug-likeness (QED) is 0.430. The fourth-order valence-corrected chi connectivity index (χ4v) is 1.99. The van der Waals surface area contributed by atoms with E-state index >= 15 is 0 Å². The second kappa shape index (κ2) is 6.61. The molecule has 1 rings (SSSR count). The summed E-state index contributed by atoms with van der Waals surface area (Å²) >= 11 is 1.56. The average Bonchev–Trinajstić information content (AvgIpc) is 2.77. The number of ether oxygens (including phenoxy) is 1. The predicted molar refractivity (Wildman–Crippen MR) is 65.6 cm³/mol. The zero-order valence-electron chi connectivity index (χ0n) is 10.1. The molecule has 0 aliphatic carbocycles. The van der Waals surface area contributed by atoms with Crippen LogP contribution in [-0.2, 0) is 9.53 Å². The van der Waals surface area contributed by atoms with E-state index in [1.807, 2.05) is 0 Å². The van der Waals surface area contributed by atoms with Gasteiger partial charge in [-0.25, -0.2) is 4.98 Å². The third-order valence-corrected chi connectivity index (χ3v) is 3.18. The summed E-state index contributed by atoms with van der Waals surface area (Å²) in [6, 6.07) is 0. The van der Waals surface area contributed by atoms with Crippen LogP contribution >= 0.6 is 11.8 Å². The van der Waals surface area contributed by atoms with Crippen LogP contribution in [0.1, 0.15) is 26.7 Å². The third-order valence-electron chi connectivity index (χ3n) is 2.21. The van der Waals surface area contributed by atoms with Gasteiger partial charge in [0.15, 0.2) is 5.16 Å². The summed E-state index contributed by atoms with van der Waals surface area (Å²) in [5.74, 6) is 0.492. The van der Waals surface area contributed by atoms with Crippen molar-refractivity contribution in [1.82, 2.24) is 15.2 Å². The summed E-state index contributed by atoms with van der Waals surface area (Å²) in [4.78, 5) is 15.5. The van der Waals surface area contributed by atoms with E-state index in [2.05, 4.69) is 15.2 Å². The maximum Gasteiger partial charge on any atom is 0.325 e. The highest BCUT2D eigenvalue weighted by Gasteiger charge is 2.29. The van der Waals surface area contributed by atoms with Crippen molar-refractivity contribution in [2.75, 3.05) is 12.4 Å². The molecule has 0 aromatic carbocycles. The molecule has 1 atom stereocenters. The lowest BCUT2D eigenvalue weighted by Crippen LogP contribution is -2.46. The second-order valence-corrected chi connectivity index (χ2v) is 4.96. The average molecular weight is 258 g/mol. The van der Waals surface area contributed by atoms with E-state index in [0.717, 1.165) is 17.3 Å². The number of thioether (sulfide) groups is 1. The fourth-order valence-electron chi connectivity index (χ4n) is 1.27. The largest absolute Gasteiger partial charge is 0.465 e. The van der Waals surface area contributed by atoms with Crippen LogP contribution in [0.2, 0.25) is 0 Å². The molecule has 0 amide bonds. The summed E-state index contributed by atoms with van der Waals surface area (Å²) in [7, 11) is 0. The highest BCUT2D eigenvalue weighted by molar-refractivity contribution is 7.99. The number of carbonyl (C=O) groups is 1. The fraction of sp³-hybridized carbons (Fsp3) is 0.700. The van der Waals surface area contributed by atoms with E-state index in [0.29, 0.717) is 13.0 Å². The first-order valence-corrected chi connectivity index (χ1v) is 6.49. The first-order chi connectivity index (χ1) is 8.06. The number of hydrogen-bond donors (Lipinski definition) is 2. The Bertz CT molecular complexity index is 340.